The number of carbonyl (C=O) groups excluding carboxylic acids is 1. The lowest BCUT2D eigenvalue weighted by Crippen LogP contribution is -2.46. The van der Waals surface area contributed by atoms with Crippen molar-refractivity contribution in [1.29, 1.82) is 0 Å². The lowest BCUT2D eigenvalue weighted by molar-refractivity contribution is -0.137. The summed E-state index contributed by atoms with van der Waals surface area (Å²) < 4.78 is 0. The summed E-state index contributed by atoms with van der Waals surface area (Å²) in [5, 5.41) is 11.1. The number of carbonyl (C=O) groups is 2. The van der Waals surface area contributed by atoms with Gasteiger partial charge < -0.3 is 14.9 Å². The third-order valence-electron chi connectivity index (χ3n) is 3.91. The number of hydrogen-bond acceptors (Lipinski definition) is 3. The van der Waals surface area contributed by atoms with E-state index in [1.807, 2.05) is 22.4 Å². The van der Waals surface area contributed by atoms with Crippen molar-refractivity contribution in [2.75, 3.05) is 13.1 Å². The summed E-state index contributed by atoms with van der Waals surface area (Å²) in [5.41, 5.74) is 0. The highest BCUT2D eigenvalue weighted by atomic mass is 32.1. The first-order valence-corrected chi connectivity index (χ1v) is 8.31. The van der Waals surface area contributed by atoms with Crippen LogP contribution in [0.3, 0.4) is 0 Å². The lowest BCUT2D eigenvalue weighted by Gasteiger charge is -2.29. The van der Waals surface area contributed by atoms with E-state index < -0.39 is 5.97 Å². The molecule has 5 nitrogen and oxygen atoms in total. The summed E-state index contributed by atoms with van der Waals surface area (Å²) >= 11 is 1.64. The van der Waals surface area contributed by atoms with Crippen LogP contribution in [-0.4, -0.2) is 46.0 Å². The van der Waals surface area contributed by atoms with Crippen molar-refractivity contribution in [3.05, 3.63) is 22.4 Å². The van der Waals surface area contributed by atoms with E-state index in [1.165, 1.54) is 4.90 Å². The number of rotatable bonds is 7. The summed E-state index contributed by atoms with van der Waals surface area (Å²) in [6.07, 6.45) is 4.28. The lowest BCUT2D eigenvalue weighted by atomic mass is 10.3. The molecule has 1 aromatic rings. The van der Waals surface area contributed by atoms with Gasteiger partial charge >= 0.3 is 12.0 Å². The van der Waals surface area contributed by atoms with Gasteiger partial charge in [-0.1, -0.05) is 6.07 Å². The Bertz CT molecular complexity index is 509. The first-order chi connectivity index (χ1) is 10.1. The SMILES string of the molecule is O=C(O)CN(CC1CC1)C(=O)N(Cc1cccs1)C1CC1. The van der Waals surface area contributed by atoms with Crippen molar-refractivity contribution in [1.82, 2.24) is 9.80 Å². The van der Waals surface area contributed by atoms with Crippen molar-refractivity contribution in [2.45, 2.75) is 38.3 Å². The molecule has 0 unspecified atom stereocenters. The molecule has 0 aliphatic heterocycles. The van der Waals surface area contributed by atoms with Gasteiger partial charge in [0, 0.05) is 17.5 Å². The number of nitrogens with zero attached hydrogens (tertiary/aromatic N) is 2. The van der Waals surface area contributed by atoms with Gasteiger partial charge in [-0.05, 0) is 43.0 Å². The molecule has 114 valence electrons. The monoisotopic (exact) mass is 308 g/mol. The van der Waals surface area contributed by atoms with Gasteiger partial charge in [-0.25, -0.2) is 4.79 Å². The molecule has 0 bridgehead atoms. The minimum absolute atomic E-state index is 0.111. The van der Waals surface area contributed by atoms with E-state index in [0.717, 1.165) is 30.6 Å². The zero-order valence-corrected chi connectivity index (χ0v) is 12.7. The quantitative estimate of drug-likeness (QED) is 0.842. The van der Waals surface area contributed by atoms with Crippen LogP contribution in [0.25, 0.3) is 0 Å². The van der Waals surface area contributed by atoms with E-state index in [2.05, 4.69) is 0 Å². The summed E-state index contributed by atoms with van der Waals surface area (Å²) in [6, 6.07) is 4.18. The maximum atomic E-state index is 12.7. The molecule has 0 spiro atoms. The molecule has 2 aliphatic rings. The molecule has 2 aliphatic carbocycles. The van der Waals surface area contributed by atoms with Crippen LogP contribution in [0.4, 0.5) is 4.79 Å². The minimum atomic E-state index is -0.934. The number of aliphatic carboxylic acids is 1. The Morgan fingerprint density at radius 1 is 1.29 bits per heavy atom. The average Bonchev–Trinajstić information content (AvgIpc) is 3.36. The second-order valence-corrected chi connectivity index (χ2v) is 6.97. The number of thiophene rings is 1. The van der Waals surface area contributed by atoms with Crippen LogP contribution in [0.15, 0.2) is 17.5 Å². The maximum Gasteiger partial charge on any atom is 0.323 e. The predicted molar refractivity (Wildman–Crippen MR) is 80.2 cm³/mol. The molecule has 0 saturated heterocycles. The van der Waals surface area contributed by atoms with Crippen molar-refractivity contribution < 1.29 is 14.7 Å². The van der Waals surface area contributed by atoms with Crippen LogP contribution >= 0.6 is 11.3 Å². The zero-order chi connectivity index (χ0) is 14.8. The molecule has 6 heteroatoms. The highest BCUT2D eigenvalue weighted by Crippen LogP contribution is 2.33. The largest absolute Gasteiger partial charge is 0.480 e. The number of amides is 2. The Morgan fingerprint density at radius 3 is 2.57 bits per heavy atom. The fourth-order valence-electron chi connectivity index (χ4n) is 2.48. The fourth-order valence-corrected chi connectivity index (χ4v) is 3.18. The van der Waals surface area contributed by atoms with Crippen molar-refractivity contribution >= 4 is 23.3 Å². The highest BCUT2D eigenvalue weighted by Gasteiger charge is 2.37. The van der Waals surface area contributed by atoms with Gasteiger partial charge in [-0.2, -0.15) is 0 Å². The van der Waals surface area contributed by atoms with Crippen molar-refractivity contribution in [3.63, 3.8) is 0 Å². The Balaban J connectivity index is 1.69. The zero-order valence-electron chi connectivity index (χ0n) is 11.9. The van der Waals surface area contributed by atoms with Gasteiger partial charge in [0.2, 0.25) is 0 Å². The highest BCUT2D eigenvalue weighted by molar-refractivity contribution is 7.09. The molecule has 0 atom stereocenters. The van der Waals surface area contributed by atoms with E-state index in [0.29, 0.717) is 19.0 Å². The van der Waals surface area contributed by atoms with Crippen molar-refractivity contribution in [3.8, 4) is 0 Å². The van der Waals surface area contributed by atoms with Crippen LogP contribution < -0.4 is 0 Å². The second-order valence-electron chi connectivity index (χ2n) is 5.94. The molecular weight excluding hydrogens is 288 g/mol. The summed E-state index contributed by atoms with van der Waals surface area (Å²) in [6.45, 7) is 0.990. The Morgan fingerprint density at radius 2 is 2.05 bits per heavy atom. The minimum Gasteiger partial charge on any atom is -0.480 e. The van der Waals surface area contributed by atoms with Crippen molar-refractivity contribution in [2.24, 2.45) is 5.92 Å². The van der Waals surface area contributed by atoms with E-state index in [4.69, 9.17) is 5.11 Å². The van der Waals surface area contributed by atoms with Gasteiger partial charge in [-0.15, -0.1) is 11.3 Å². The van der Waals surface area contributed by atoms with Gasteiger partial charge in [0.15, 0.2) is 0 Å². The summed E-state index contributed by atoms with van der Waals surface area (Å²) in [7, 11) is 0. The first-order valence-electron chi connectivity index (χ1n) is 7.43. The Hall–Kier alpha value is -1.56. The topological polar surface area (TPSA) is 60.9 Å². The number of carboxylic acids is 1. The van der Waals surface area contributed by atoms with Gasteiger partial charge in [0.25, 0.3) is 0 Å². The molecule has 2 amide bonds. The molecule has 1 aromatic heterocycles. The number of carboxylic acid groups (broad SMARTS) is 1. The summed E-state index contributed by atoms with van der Waals surface area (Å²) in [4.78, 5) is 28.3. The van der Waals surface area contributed by atoms with Gasteiger partial charge in [0.1, 0.15) is 6.54 Å². The molecule has 21 heavy (non-hydrogen) atoms. The van der Waals surface area contributed by atoms with Crippen LogP contribution in [0.2, 0.25) is 0 Å². The fraction of sp³-hybridized carbons (Fsp3) is 0.600. The average molecular weight is 308 g/mol. The first kappa shape index (κ1) is 14.4. The Labute approximate surface area is 128 Å². The van der Waals surface area contributed by atoms with Crippen LogP contribution in [0.1, 0.15) is 30.6 Å². The van der Waals surface area contributed by atoms with Crippen LogP contribution in [0, 0.1) is 5.92 Å². The summed E-state index contributed by atoms with van der Waals surface area (Å²) in [5.74, 6) is -0.438. The normalized spacial score (nSPS) is 17.5. The third-order valence-corrected chi connectivity index (χ3v) is 4.77. The van der Waals surface area contributed by atoms with E-state index in [9.17, 15) is 9.59 Å². The van der Waals surface area contributed by atoms with Gasteiger partial charge in [0.05, 0.1) is 6.54 Å². The third kappa shape index (κ3) is 3.97. The Kier molecular flexibility index (Phi) is 4.14. The van der Waals surface area contributed by atoms with E-state index in [1.54, 1.807) is 11.3 Å². The molecule has 1 N–H and O–H groups in total. The van der Waals surface area contributed by atoms with Crippen LogP contribution in [0.5, 0.6) is 0 Å². The van der Waals surface area contributed by atoms with Gasteiger partial charge in [-0.3, -0.25) is 4.79 Å². The molecule has 3 rings (SSSR count). The maximum absolute atomic E-state index is 12.7. The number of urea groups is 1. The second kappa shape index (κ2) is 6.05. The molecule has 0 radical (unpaired) electrons. The van der Waals surface area contributed by atoms with E-state index >= 15 is 0 Å². The number of hydrogen-bond donors (Lipinski definition) is 1. The van der Waals surface area contributed by atoms with E-state index in [-0.39, 0.29) is 18.6 Å². The smallest absolute Gasteiger partial charge is 0.323 e. The predicted octanol–water partition coefficient (Wildman–Crippen LogP) is 2.63. The molecule has 1 heterocycles. The molecular formula is C15H20N2O3S. The van der Waals surface area contributed by atoms with Crippen LogP contribution in [-0.2, 0) is 11.3 Å². The molecule has 2 saturated carbocycles. The standard InChI is InChI=1S/C15H20N2O3S/c18-14(19)10-16(8-11-3-4-11)15(20)17(12-5-6-12)9-13-2-1-7-21-13/h1-2,7,11-12H,3-6,8-10H2,(H,18,19). The molecule has 0 aromatic carbocycles. The molecule has 2 fully saturated rings.